The lowest BCUT2D eigenvalue weighted by Crippen LogP contribution is -1.89. The standard InChI is InChI=1S/C20H13N3O2/c24-23(25)20-13-12-19(16-9-3-4-10-17(16)20)22-21-18-11-5-7-14-6-1-2-8-15(14)18/h1-13H. The van der Waals surface area contributed by atoms with E-state index in [-0.39, 0.29) is 10.6 Å². The molecule has 0 fully saturated rings. The molecule has 0 spiro atoms. The second kappa shape index (κ2) is 6.13. The number of rotatable bonds is 3. The monoisotopic (exact) mass is 327 g/mol. The number of benzene rings is 4. The van der Waals surface area contributed by atoms with Gasteiger partial charge in [-0.25, -0.2) is 0 Å². The molecule has 5 nitrogen and oxygen atoms in total. The van der Waals surface area contributed by atoms with E-state index in [0.29, 0.717) is 16.5 Å². The van der Waals surface area contributed by atoms with Crippen molar-refractivity contribution in [2.24, 2.45) is 10.2 Å². The summed E-state index contributed by atoms with van der Waals surface area (Å²) < 4.78 is 0. The highest BCUT2D eigenvalue weighted by Gasteiger charge is 2.13. The van der Waals surface area contributed by atoms with Crippen molar-refractivity contribution in [2.45, 2.75) is 0 Å². The van der Waals surface area contributed by atoms with Gasteiger partial charge in [-0.2, -0.15) is 0 Å². The van der Waals surface area contributed by atoms with Gasteiger partial charge in [0.05, 0.1) is 21.7 Å². The second-order valence-corrected chi connectivity index (χ2v) is 5.60. The molecule has 0 aliphatic heterocycles. The highest BCUT2D eigenvalue weighted by Crippen LogP contribution is 2.34. The molecule has 120 valence electrons. The molecule has 0 bridgehead atoms. The summed E-state index contributed by atoms with van der Waals surface area (Å²) in [5, 5.41) is 23.3. The average molecular weight is 327 g/mol. The zero-order valence-corrected chi connectivity index (χ0v) is 13.2. The van der Waals surface area contributed by atoms with Gasteiger partial charge in [0, 0.05) is 16.8 Å². The predicted molar refractivity (Wildman–Crippen MR) is 98.7 cm³/mol. The van der Waals surface area contributed by atoms with Crippen molar-refractivity contribution in [3.05, 3.63) is 89.0 Å². The van der Waals surface area contributed by atoms with Crippen molar-refractivity contribution < 1.29 is 4.92 Å². The Morgan fingerprint density at radius 2 is 1.24 bits per heavy atom. The van der Waals surface area contributed by atoms with Crippen LogP contribution in [0.3, 0.4) is 0 Å². The van der Waals surface area contributed by atoms with Gasteiger partial charge in [0.25, 0.3) is 5.69 Å². The Hall–Kier alpha value is -3.60. The van der Waals surface area contributed by atoms with E-state index in [1.54, 1.807) is 18.2 Å². The smallest absolute Gasteiger partial charge is 0.258 e. The first-order valence-corrected chi connectivity index (χ1v) is 7.80. The normalized spacial score (nSPS) is 11.4. The Kier molecular flexibility index (Phi) is 3.67. The van der Waals surface area contributed by atoms with Crippen LogP contribution in [-0.2, 0) is 0 Å². The van der Waals surface area contributed by atoms with E-state index < -0.39 is 0 Å². The quantitative estimate of drug-likeness (QED) is 0.251. The van der Waals surface area contributed by atoms with Gasteiger partial charge in [-0.3, -0.25) is 10.1 Å². The number of non-ortho nitro benzene ring substituents is 1. The fourth-order valence-electron chi connectivity index (χ4n) is 2.92. The van der Waals surface area contributed by atoms with Gasteiger partial charge in [0.1, 0.15) is 0 Å². The number of azo groups is 1. The number of hydrogen-bond acceptors (Lipinski definition) is 4. The summed E-state index contributed by atoms with van der Waals surface area (Å²) in [6.45, 7) is 0. The average Bonchev–Trinajstić information content (AvgIpc) is 2.65. The maximum atomic E-state index is 11.2. The molecule has 0 saturated heterocycles. The summed E-state index contributed by atoms with van der Waals surface area (Å²) in [7, 11) is 0. The maximum Gasteiger partial charge on any atom is 0.277 e. The van der Waals surface area contributed by atoms with Crippen LogP contribution in [0.4, 0.5) is 17.1 Å². The highest BCUT2D eigenvalue weighted by atomic mass is 16.6. The van der Waals surface area contributed by atoms with Crippen LogP contribution in [0.2, 0.25) is 0 Å². The van der Waals surface area contributed by atoms with Gasteiger partial charge in [-0.05, 0) is 23.6 Å². The van der Waals surface area contributed by atoms with E-state index in [1.165, 1.54) is 6.07 Å². The van der Waals surface area contributed by atoms with E-state index in [0.717, 1.165) is 16.5 Å². The molecule has 0 atom stereocenters. The lowest BCUT2D eigenvalue weighted by molar-refractivity contribution is -0.383. The minimum Gasteiger partial charge on any atom is -0.258 e. The summed E-state index contributed by atoms with van der Waals surface area (Å²) in [5.74, 6) is 0. The third-order valence-electron chi connectivity index (χ3n) is 4.11. The molecular weight excluding hydrogens is 314 g/mol. The predicted octanol–water partition coefficient (Wildman–Crippen LogP) is 6.32. The van der Waals surface area contributed by atoms with Gasteiger partial charge in [-0.1, -0.05) is 54.6 Å². The summed E-state index contributed by atoms with van der Waals surface area (Å²) >= 11 is 0. The molecule has 0 heterocycles. The minimum absolute atomic E-state index is 0.0692. The molecule has 4 aromatic rings. The molecule has 0 unspecified atom stereocenters. The lowest BCUT2D eigenvalue weighted by atomic mass is 10.1. The van der Waals surface area contributed by atoms with Crippen LogP contribution < -0.4 is 0 Å². The molecule has 0 radical (unpaired) electrons. The zero-order valence-electron chi connectivity index (χ0n) is 13.2. The van der Waals surface area contributed by atoms with Crippen molar-refractivity contribution in [2.75, 3.05) is 0 Å². The summed E-state index contributed by atoms with van der Waals surface area (Å²) in [4.78, 5) is 10.8. The summed E-state index contributed by atoms with van der Waals surface area (Å²) in [6.07, 6.45) is 0. The van der Waals surface area contributed by atoms with Gasteiger partial charge in [0.15, 0.2) is 0 Å². The number of hydrogen-bond donors (Lipinski definition) is 0. The van der Waals surface area contributed by atoms with E-state index in [9.17, 15) is 10.1 Å². The van der Waals surface area contributed by atoms with Crippen molar-refractivity contribution >= 4 is 38.6 Å². The largest absolute Gasteiger partial charge is 0.277 e. The van der Waals surface area contributed by atoms with Gasteiger partial charge >= 0.3 is 0 Å². The Bertz CT molecular complexity index is 1130. The Labute approximate surface area is 143 Å². The maximum absolute atomic E-state index is 11.2. The molecule has 4 aromatic carbocycles. The first-order valence-electron chi connectivity index (χ1n) is 7.80. The molecule has 25 heavy (non-hydrogen) atoms. The van der Waals surface area contributed by atoms with E-state index in [1.807, 2.05) is 54.6 Å². The summed E-state index contributed by atoms with van der Waals surface area (Å²) in [6, 6.07) is 24.1. The van der Waals surface area contributed by atoms with E-state index in [2.05, 4.69) is 10.2 Å². The topological polar surface area (TPSA) is 67.9 Å². The van der Waals surface area contributed by atoms with Crippen molar-refractivity contribution in [3.8, 4) is 0 Å². The Balaban J connectivity index is 1.84. The third-order valence-corrected chi connectivity index (χ3v) is 4.11. The highest BCUT2D eigenvalue weighted by molar-refractivity contribution is 5.98. The molecule has 0 saturated carbocycles. The third kappa shape index (κ3) is 2.72. The van der Waals surface area contributed by atoms with Crippen molar-refractivity contribution in [1.29, 1.82) is 0 Å². The Morgan fingerprint density at radius 1 is 0.640 bits per heavy atom. The number of nitrogens with zero attached hydrogens (tertiary/aromatic N) is 3. The SMILES string of the molecule is O=[N+]([O-])c1ccc(N=Nc2cccc3ccccc23)c2ccccc12. The van der Waals surface area contributed by atoms with Crippen molar-refractivity contribution in [1.82, 2.24) is 0 Å². The first-order chi connectivity index (χ1) is 12.2. The van der Waals surface area contributed by atoms with Gasteiger partial charge in [0.2, 0.25) is 0 Å². The van der Waals surface area contributed by atoms with E-state index >= 15 is 0 Å². The van der Waals surface area contributed by atoms with Crippen LogP contribution in [0.1, 0.15) is 0 Å². The number of nitro benzene ring substituents is 1. The van der Waals surface area contributed by atoms with Crippen LogP contribution >= 0.6 is 0 Å². The van der Waals surface area contributed by atoms with Crippen LogP contribution in [0.5, 0.6) is 0 Å². The van der Waals surface area contributed by atoms with E-state index in [4.69, 9.17) is 0 Å². The van der Waals surface area contributed by atoms with Crippen LogP contribution in [0, 0.1) is 10.1 Å². The molecule has 5 heteroatoms. The van der Waals surface area contributed by atoms with Gasteiger partial charge < -0.3 is 0 Å². The molecule has 0 N–H and O–H groups in total. The fourth-order valence-corrected chi connectivity index (χ4v) is 2.92. The zero-order chi connectivity index (χ0) is 17.2. The minimum atomic E-state index is -0.381. The molecule has 0 aliphatic rings. The van der Waals surface area contributed by atoms with Crippen LogP contribution in [-0.4, -0.2) is 4.92 Å². The van der Waals surface area contributed by atoms with Crippen molar-refractivity contribution in [3.63, 3.8) is 0 Å². The molecular formula is C20H13N3O2. The molecule has 4 rings (SSSR count). The van der Waals surface area contributed by atoms with Crippen LogP contribution in [0.15, 0.2) is 89.1 Å². The first kappa shape index (κ1) is 15.0. The van der Waals surface area contributed by atoms with Gasteiger partial charge in [-0.15, -0.1) is 10.2 Å². The number of nitro groups is 1. The second-order valence-electron chi connectivity index (χ2n) is 5.60. The lowest BCUT2D eigenvalue weighted by Gasteiger charge is -2.03. The number of fused-ring (bicyclic) bond motifs is 2. The summed E-state index contributed by atoms with van der Waals surface area (Å²) in [5.41, 5.74) is 1.44. The fraction of sp³-hybridized carbons (Fsp3) is 0. The van der Waals surface area contributed by atoms with Crippen LogP contribution in [0.25, 0.3) is 21.5 Å². The molecule has 0 aromatic heterocycles. The Morgan fingerprint density at radius 3 is 2.00 bits per heavy atom. The molecule has 0 aliphatic carbocycles. The molecule has 0 amide bonds.